The molecule has 29 heavy (non-hydrogen) atoms. The number of carboxylic acid groups (broad SMARTS) is 3. The van der Waals surface area contributed by atoms with Gasteiger partial charge in [-0.2, -0.15) is 0 Å². The highest BCUT2D eigenvalue weighted by Crippen LogP contribution is 2.38. The minimum Gasteiger partial charge on any atom is -0.481 e. The number of carbonyl (C=O) groups excluding carboxylic acids is 1. The normalized spacial score (nSPS) is 16.2. The van der Waals surface area contributed by atoms with Crippen molar-refractivity contribution in [2.75, 3.05) is 6.61 Å². The lowest BCUT2D eigenvalue weighted by Gasteiger charge is -2.19. The van der Waals surface area contributed by atoms with Crippen molar-refractivity contribution in [2.24, 2.45) is 5.73 Å². The third-order valence-electron chi connectivity index (χ3n) is 3.72. The van der Waals surface area contributed by atoms with Crippen molar-refractivity contribution in [2.45, 2.75) is 63.6 Å². The fourth-order valence-electron chi connectivity index (χ4n) is 2.15. The van der Waals surface area contributed by atoms with Crippen LogP contribution in [0.15, 0.2) is 0 Å². The van der Waals surface area contributed by atoms with Crippen LogP contribution in [0.5, 0.6) is 0 Å². The Morgan fingerprint density at radius 2 is 1.66 bits per heavy atom. The van der Waals surface area contributed by atoms with Crippen LogP contribution in [0.3, 0.4) is 0 Å². The van der Waals surface area contributed by atoms with Crippen LogP contribution in [-0.2, 0) is 28.3 Å². The van der Waals surface area contributed by atoms with Crippen LogP contribution < -0.4 is 16.1 Å². The number of nitrogens with one attached hydrogen (secondary N) is 2. The molecule has 1 unspecified atom stereocenters. The Hall–Kier alpha value is -2.05. The van der Waals surface area contributed by atoms with E-state index in [1.54, 1.807) is 6.92 Å². The lowest BCUT2D eigenvalue weighted by atomic mass is 10.1. The lowest BCUT2D eigenvalue weighted by molar-refractivity contribution is -0.141. The zero-order valence-electron chi connectivity index (χ0n) is 15.9. The maximum absolute atomic E-state index is 11.9. The molecule has 0 aliphatic rings. The van der Waals surface area contributed by atoms with Crippen LogP contribution in [0.4, 0.5) is 0 Å². The highest BCUT2D eigenvalue weighted by Gasteiger charge is 2.29. The fourth-order valence-corrected chi connectivity index (χ4v) is 3.24. The van der Waals surface area contributed by atoms with Crippen molar-refractivity contribution in [3.8, 4) is 0 Å². The SMILES string of the molecule is C[C@H](CCCOP(=O)(O)N[C@@H](CCC(=O)O)C(=O)O)NC(=O)CC[C@H](N)C(=O)O. The van der Waals surface area contributed by atoms with E-state index in [9.17, 15) is 28.6 Å². The van der Waals surface area contributed by atoms with Crippen LogP contribution >= 0.6 is 7.75 Å². The quantitative estimate of drug-likeness (QED) is 0.119. The second-order valence-corrected chi connectivity index (χ2v) is 7.96. The van der Waals surface area contributed by atoms with Crippen molar-refractivity contribution < 1.29 is 48.5 Å². The van der Waals surface area contributed by atoms with Gasteiger partial charge in [-0.05, 0) is 32.6 Å². The number of amides is 1. The second-order valence-electron chi connectivity index (χ2n) is 6.40. The average molecular weight is 441 g/mol. The number of aliphatic carboxylic acids is 3. The maximum atomic E-state index is 11.9. The van der Waals surface area contributed by atoms with E-state index in [1.165, 1.54) is 0 Å². The predicted molar refractivity (Wildman–Crippen MR) is 98.9 cm³/mol. The first-order valence-corrected chi connectivity index (χ1v) is 10.4. The van der Waals surface area contributed by atoms with E-state index < -0.39 is 50.6 Å². The Bertz CT molecular complexity index is 629. The van der Waals surface area contributed by atoms with E-state index in [1.807, 2.05) is 5.09 Å². The van der Waals surface area contributed by atoms with E-state index in [0.717, 1.165) is 0 Å². The van der Waals surface area contributed by atoms with Gasteiger partial charge in [-0.15, -0.1) is 0 Å². The summed E-state index contributed by atoms with van der Waals surface area (Å²) in [6.45, 7) is 1.47. The zero-order valence-corrected chi connectivity index (χ0v) is 16.8. The number of carboxylic acids is 3. The second kappa shape index (κ2) is 13.2. The molecule has 14 heteroatoms. The van der Waals surface area contributed by atoms with Crippen LogP contribution in [0.25, 0.3) is 0 Å². The van der Waals surface area contributed by atoms with Gasteiger partial charge in [0, 0.05) is 18.9 Å². The van der Waals surface area contributed by atoms with E-state index in [4.69, 9.17) is 25.6 Å². The molecule has 0 aromatic carbocycles. The van der Waals surface area contributed by atoms with Crippen molar-refractivity contribution in [3.63, 3.8) is 0 Å². The molecule has 4 atom stereocenters. The molecular weight excluding hydrogens is 413 g/mol. The molecule has 0 saturated carbocycles. The summed E-state index contributed by atoms with van der Waals surface area (Å²) >= 11 is 0. The maximum Gasteiger partial charge on any atom is 0.403 e. The number of hydrogen-bond donors (Lipinski definition) is 7. The van der Waals surface area contributed by atoms with Gasteiger partial charge in [0.15, 0.2) is 0 Å². The zero-order chi connectivity index (χ0) is 22.6. The summed E-state index contributed by atoms with van der Waals surface area (Å²) in [4.78, 5) is 53.4. The van der Waals surface area contributed by atoms with Gasteiger partial charge in [0.1, 0.15) is 12.1 Å². The first kappa shape index (κ1) is 27.0. The molecule has 8 N–H and O–H groups in total. The summed E-state index contributed by atoms with van der Waals surface area (Å²) in [5.74, 6) is -4.30. The van der Waals surface area contributed by atoms with Crippen molar-refractivity contribution in [1.29, 1.82) is 0 Å². The molecule has 0 radical (unpaired) electrons. The average Bonchev–Trinajstić information content (AvgIpc) is 2.59. The predicted octanol–water partition coefficient (Wildman–Crippen LogP) is -0.512. The largest absolute Gasteiger partial charge is 0.481 e. The number of nitrogens with two attached hydrogens (primary N) is 1. The number of rotatable bonds is 16. The van der Waals surface area contributed by atoms with Gasteiger partial charge < -0.3 is 31.3 Å². The summed E-state index contributed by atoms with van der Waals surface area (Å²) in [6.07, 6.45) is -0.334. The first-order chi connectivity index (χ1) is 13.3. The number of hydrogen-bond acceptors (Lipinski definition) is 7. The highest BCUT2D eigenvalue weighted by atomic mass is 31.2. The Morgan fingerprint density at radius 3 is 2.17 bits per heavy atom. The highest BCUT2D eigenvalue weighted by molar-refractivity contribution is 7.50. The van der Waals surface area contributed by atoms with E-state index in [-0.39, 0.29) is 37.8 Å². The van der Waals surface area contributed by atoms with E-state index >= 15 is 0 Å². The molecular formula is C15H28N3O10P. The van der Waals surface area contributed by atoms with Gasteiger partial charge in [0.2, 0.25) is 5.91 Å². The third-order valence-corrected chi connectivity index (χ3v) is 4.89. The minimum absolute atomic E-state index is 0.0109. The topological polar surface area (TPSA) is 226 Å². The molecule has 0 aromatic rings. The Labute approximate surface area is 167 Å². The van der Waals surface area contributed by atoms with Gasteiger partial charge in [-0.25, -0.2) is 9.65 Å². The fraction of sp³-hybridized carbons (Fsp3) is 0.733. The van der Waals surface area contributed by atoms with Crippen LogP contribution in [0, 0.1) is 0 Å². The minimum atomic E-state index is -4.46. The van der Waals surface area contributed by atoms with Crippen LogP contribution in [-0.4, -0.2) is 68.8 Å². The monoisotopic (exact) mass is 441 g/mol. The molecule has 0 bridgehead atoms. The molecule has 0 aliphatic heterocycles. The molecule has 13 nitrogen and oxygen atoms in total. The van der Waals surface area contributed by atoms with Gasteiger partial charge in [-0.1, -0.05) is 0 Å². The molecule has 0 fully saturated rings. The molecule has 0 aromatic heterocycles. The van der Waals surface area contributed by atoms with Crippen LogP contribution in [0.1, 0.15) is 45.4 Å². The van der Waals surface area contributed by atoms with Crippen LogP contribution in [0.2, 0.25) is 0 Å². The van der Waals surface area contributed by atoms with E-state index in [0.29, 0.717) is 6.42 Å². The Morgan fingerprint density at radius 1 is 1.03 bits per heavy atom. The first-order valence-electron chi connectivity index (χ1n) is 8.81. The van der Waals surface area contributed by atoms with Crippen molar-refractivity contribution in [3.05, 3.63) is 0 Å². The molecule has 0 aliphatic carbocycles. The molecule has 0 saturated heterocycles. The number of carbonyl (C=O) groups is 4. The van der Waals surface area contributed by atoms with Gasteiger partial charge >= 0.3 is 25.7 Å². The Kier molecular flexibility index (Phi) is 12.3. The van der Waals surface area contributed by atoms with Crippen molar-refractivity contribution >= 4 is 31.6 Å². The molecule has 168 valence electrons. The summed E-state index contributed by atoms with van der Waals surface area (Å²) in [7, 11) is -4.46. The molecule has 1 amide bonds. The van der Waals surface area contributed by atoms with Crippen molar-refractivity contribution in [1.82, 2.24) is 10.4 Å². The third kappa shape index (κ3) is 13.7. The lowest BCUT2D eigenvalue weighted by Crippen LogP contribution is -2.36. The Balaban J connectivity index is 4.21. The molecule has 0 rings (SSSR count). The van der Waals surface area contributed by atoms with Gasteiger partial charge in [-0.3, -0.25) is 23.7 Å². The standard InChI is InChI=1S/C15H28N3O10P/c1-9(17-12(19)6-4-10(16)14(22)23)3-2-8-28-29(26,27)18-11(15(24)25)5-7-13(20)21/h9-11H,2-8,16H2,1H3,(H,17,19)(H,20,21)(H,22,23)(H,24,25)(H2,18,26,27)/t9-,10+,11+/m1/s1. The molecule has 0 spiro atoms. The van der Waals surface area contributed by atoms with Gasteiger partial charge in [0.25, 0.3) is 0 Å². The van der Waals surface area contributed by atoms with E-state index in [2.05, 4.69) is 5.32 Å². The summed E-state index contributed by atoms with van der Waals surface area (Å²) < 4.78 is 16.7. The van der Waals surface area contributed by atoms with Gasteiger partial charge in [0.05, 0.1) is 6.61 Å². The summed E-state index contributed by atoms with van der Waals surface area (Å²) in [5.41, 5.74) is 5.30. The summed E-state index contributed by atoms with van der Waals surface area (Å²) in [6, 6.07) is -3.00. The summed E-state index contributed by atoms with van der Waals surface area (Å²) in [5, 5.41) is 30.7. The smallest absolute Gasteiger partial charge is 0.403 e. The molecule has 0 heterocycles.